The number of hydroxylamine groups is 2. The molecule has 0 aliphatic rings. The summed E-state index contributed by atoms with van der Waals surface area (Å²) in [6.45, 7) is 6.18. The van der Waals surface area contributed by atoms with E-state index in [4.69, 9.17) is 14.7 Å². The molecule has 0 radical (unpaired) electrons. The Hall–Kier alpha value is -2.23. The number of nitrogens with one attached hydrogen (secondary N) is 1. The molecule has 0 heterocycles. The van der Waals surface area contributed by atoms with Crippen molar-refractivity contribution in [3.05, 3.63) is 35.6 Å². The normalized spacial score (nSPS) is 12.7. The molecule has 1 amide bonds. The number of nitrogens with zero attached hydrogens (tertiary/aromatic N) is 2. The van der Waals surface area contributed by atoms with E-state index in [1.165, 1.54) is 24.1 Å². The average molecular weight is 413 g/mol. The number of carbonyl (C=O) groups excluding carboxylic acids is 1. The lowest BCUT2D eigenvalue weighted by Gasteiger charge is -2.33. The zero-order chi connectivity index (χ0) is 22.0. The summed E-state index contributed by atoms with van der Waals surface area (Å²) in [5, 5.41) is 13.2. The van der Waals surface area contributed by atoms with Gasteiger partial charge in [-0.15, -0.1) is 0 Å². The van der Waals surface area contributed by atoms with E-state index in [-0.39, 0.29) is 31.5 Å². The zero-order valence-corrected chi connectivity index (χ0v) is 17.8. The van der Waals surface area contributed by atoms with Gasteiger partial charge in [0.2, 0.25) is 0 Å². The van der Waals surface area contributed by atoms with E-state index in [0.29, 0.717) is 13.0 Å². The second kappa shape index (κ2) is 11.7. The smallest absolute Gasteiger partial charge is 0.410 e. The quantitative estimate of drug-likeness (QED) is 0.425. The fourth-order valence-electron chi connectivity index (χ4n) is 2.60. The van der Waals surface area contributed by atoms with Crippen molar-refractivity contribution in [2.24, 2.45) is 0 Å². The van der Waals surface area contributed by atoms with Gasteiger partial charge in [0.1, 0.15) is 11.4 Å². The molecule has 0 saturated carbocycles. The Bertz CT molecular complexity index is 649. The van der Waals surface area contributed by atoms with Crippen molar-refractivity contribution >= 4 is 12.1 Å². The topological polar surface area (TPSA) is 91.3 Å². The van der Waals surface area contributed by atoms with Crippen molar-refractivity contribution in [3.63, 3.8) is 0 Å². The Kier molecular flexibility index (Phi) is 10.0. The number of halogens is 1. The van der Waals surface area contributed by atoms with Crippen LogP contribution >= 0.6 is 0 Å². The fraction of sp³-hybridized carbons (Fsp3) is 0.600. The number of carboxylic acid groups (broad SMARTS) is 1. The van der Waals surface area contributed by atoms with Crippen LogP contribution in [-0.2, 0) is 20.9 Å². The van der Waals surface area contributed by atoms with Gasteiger partial charge in [-0.2, -0.15) is 5.06 Å². The SMILES string of the molecule is CON(C)C(CCNCC(=O)O)CN(Cc1ccc(F)cc1)C(=O)OC(C)(C)C. The van der Waals surface area contributed by atoms with E-state index < -0.39 is 17.7 Å². The van der Waals surface area contributed by atoms with Gasteiger partial charge in [-0.05, 0) is 51.4 Å². The highest BCUT2D eigenvalue weighted by Crippen LogP contribution is 2.16. The number of benzene rings is 1. The zero-order valence-electron chi connectivity index (χ0n) is 17.8. The molecule has 1 aromatic rings. The van der Waals surface area contributed by atoms with Gasteiger partial charge >= 0.3 is 12.1 Å². The predicted molar refractivity (Wildman–Crippen MR) is 107 cm³/mol. The summed E-state index contributed by atoms with van der Waals surface area (Å²) in [6, 6.07) is 5.72. The van der Waals surface area contributed by atoms with Crippen LogP contribution in [0.3, 0.4) is 0 Å². The molecule has 9 heteroatoms. The van der Waals surface area contributed by atoms with Gasteiger partial charge < -0.3 is 24.9 Å². The van der Waals surface area contributed by atoms with Crippen LogP contribution in [0.4, 0.5) is 9.18 Å². The third-order valence-corrected chi connectivity index (χ3v) is 4.10. The van der Waals surface area contributed by atoms with E-state index in [9.17, 15) is 14.0 Å². The van der Waals surface area contributed by atoms with E-state index >= 15 is 0 Å². The molecule has 1 aromatic carbocycles. The summed E-state index contributed by atoms with van der Waals surface area (Å²) in [6.07, 6.45) is 0.0511. The molecular formula is C20H32FN3O5. The number of rotatable bonds is 11. The summed E-state index contributed by atoms with van der Waals surface area (Å²) in [4.78, 5) is 30.3. The largest absolute Gasteiger partial charge is 0.480 e. The minimum absolute atomic E-state index is 0.144. The Morgan fingerprint density at radius 2 is 1.86 bits per heavy atom. The number of carbonyl (C=O) groups is 2. The minimum Gasteiger partial charge on any atom is -0.480 e. The minimum atomic E-state index is -0.937. The highest BCUT2D eigenvalue weighted by atomic mass is 19.1. The van der Waals surface area contributed by atoms with E-state index in [0.717, 1.165) is 5.56 Å². The van der Waals surface area contributed by atoms with Crippen molar-refractivity contribution < 1.29 is 28.7 Å². The summed E-state index contributed by atoms with van der Waals surface area (Å²) < 4.78 is 18.7. The number of ether oxygens (including phenoxy) is 1. The van der Waals surface area contributed by atoms with Crippen LogP contribution in [0, 0.1) is 5.82 Å². The molecule has 1 unspecified atom stereocenters. The van der Waals surface area contributed by atoms with Gasteiger partial charge in [-0.3, -0.25) is 4.79 Å². The number of carboxylic acids is 1. The second-order valence-corrected chi connectivity index (χ2v) is 7.73. The van der Waals surface area contributed by atoms with E-state index in [1.54, 1.807) is 45.0 Å². The molecule has 1 rings (SSSR count). The molecule has 0 saturated heterocycles. The predicted octanol–water partition coefficient (Wildman–Crippen LogP) is 2.49. The van der Waals surface area contributed by atoms with Crippen LogP contribution in [0.5, 0.6) is 0 Å². The Labute approximate surface area is 171 Å². The van der Waals surface area contributed by atoms with Crippen molar-refractivity contribution in [2.45, 2.75) is 45.4 Å². The lowest BCUT2D eigenvalue weighted by molar-refractivity contribution is -0.146. The van der Waals surface area contributed by atoms with Gasteiger partial charge in [0.05, 0.1) is 19.7 Å². The molecule has 29 heavy (non-hydrogen) atoms. The molecule has 0 aromatic heterocycles. The summed E-state index contributed by atoms with van der Waals surface area (Å²) in [5.41, 5.74) is 0.101. The number of amides is 1. The molecule has 2 N–H and O–H groups in total. The average Bonchev–Trinajstić information content (AvgIpc) is 2.62. The van der Waals surface area contributed by atoms with Gasteiger partial charge in [0.15, 0.2) is 0 Å². The first-order chi connectivity index (χ1) is 13.5. The van der Waals surface area contributed by atoms with Crippen molar-refractivity contribution in [1.82, 2.24) is 15.3 Å². The van der Waals surface area contributed by atoms with Crippen LogP contribution in [0.15, 0.2) is 24.3 Å². The van der Waals surface area contributed by atoms with Crippen molar-refractivity contribution in [1.29, 1.82) is 0 Å². The first-order valence-electron chi connectivity index (χ1n) is 9.43. The van der Waals surface area contributed by atoms with Gasteiger partial charge in [-0.25, -0.2) is 9.18 Å². The second-order valence-electron chi connectivity index (χ2n) is 7.73. The number of aliphatic carboxylic acids is 1. The molecule has 8 nitrogen and oxygen atoms in total. The third-order valence-electron chi connectivity index (χ3n) is 4.10. The molecule has 164 valence electrons. The van der Waals surface area contributed by atoms with Crippen LogP contribution in [0.1, 0.15) is 32.8 Å². The Morgan fingerprint density at radius 3 is 2.38 bits per heavy atom. The number of hydrogen-bond donors (Lipinski definition) is 2. The van der Waals surface area contributed by atoms with E-state index in [1.807, 2.05) is 0 Å². The molecule has 1 atom stereocenters. The van der Waals surface area contributed by atoms with Crippen LogP contribution in [-0.4, -0.2) is 72.6 Å². The molecule has 0 bridgehead atoms. The number of likely N-dealkylation sites (N-methyl/N-ethyl adjacent to an activating group) is 1. The van der Waals surface area contributed by atoms with Gasteiger partial charge in [-0.1, -0.05) is 12.1 Å². The lowest BCUT2D eigenvalue weighted by atomic mass is 10.1. The first kappa shape index (κ1) is 24.8. The van der Waals surface area contributed by atoms with E-state index in [2.05, 4.69) is 5.32 Å². The van der Waals surface area contributed by atoms with Gasteiger partial charge in [0.25, 0.3) is 0 Å². The van der Waals surface area contributed by atoms with Crippen molar-refractivity contribution in [2.75, 3.05) is 33.8 Å². The fourth-order valence-corrected chi connectivity index (χ4v) is 2.60. The monoisotopic (exact) mass is 413 g/mol. The highest BCUT2D eigenvalue weighted by molar-refractivity contribution is 5.69. The summed E-state index contributed by atoms with van der Waals surface area (Å²) in [5.74, 6) is -1.28. The molecule has 0 fully saturated rings. The van der Waals surface area contributed by atoms with Crippen molar-refractivity contribution in [3.8, 4) is 0 Å². The van der Waals surface area contributed by atoms with Crippen LogP contribution in [0.25, 0.3) is 0 Å². The summed E-state index contributed by atoms with van der Waals surface area (Å²) >= 11 is 0. The Morgan fingerprint density at radius 1 is 1.24 bits per heavy atom. The summed E-state index contributed by atoms with van der Waals surface area (Å²) in [7, 11) is 3.27. The first-order valence-corrected chi connectivity index (χ1v) is 9.43. The maximum Gasteiger partial charge on any atom is 0.410 e. The van der Waals surface area contributed by atoms with Crippen LogP contribution in [0.2, 0.25) is 0 Å². The van der Waals surface area contributed by atoms with Gasteiger partial charge in [0, 0.05) is 20.1 Å². The number of hydrogen-bond acceptors (Lipinski definition) is 6. The highest BCUT2D eigenvalue weighted by Gasteiger charge is 2.26. The molecule has 0 aliphatic carbocycles. The Balaban J connectivity index is 2.92. The maximum absolute atomic E-state index is 13.2. The molecular weight excluding hydrogens is 381 g/mol. The third kappa shape index (κ3) is 10.2. The standard InChI is InChI=1S/C20H32FN3O5/c1-20(2,3)29-19(27)24(13-15-6-8-16(21)9-7-15)14-17(23(4)28-5)10-11-22-12-18(25)26/h6-9,17,22H,10-14H2,1-5H3,(H,25,26). The van der Waals surface area contributed by atoms with Crippen LogP contribution < -0.4 is 5.32 Å². The molecule has 0 spiro atoms. The maximum atomic E-state index is 13.2. The molecule has 0 aliphatic heterocycles. The lowest BCUT2D eigenvalue weighted by Crippen LogP contribution is -2.46.